The third-order valence-electron chi connectivity index (χ3n) is 8.34. The third kappa shape index (κ3) is 7.77. The normalized spacial score (nSPS) is 14.7. The van der Waals surface area contributed by atoms with E-state index in [0.717, 1.165) is 38.4 Å². The lowest BCUT2D eigenvalue weighted by Gasteiger charge is -2.34. The van der Waals surface area contributed by atoms with E-state index >= 15 is 0 Å². The van der Waals surface area contributed by atoms with E-state index < -0.39 is 5.60 Å². The Kier molecular flexibility index (Phi) is 10.4. The van der Waals surface area contributed by atoms with Gasteiger partial charge in [-0.05, 0) is 92.6 Å². The van der Waals surface area contributed by atoms with Gasteiger partial charge in [-0.1, -0.05) is 18.2 Å². The van der Waals surface area contributed by atoms with E-state index in [9.17, 15) is 9.59 Å². The number of hydrogen-bond donors (Lipinski definition) is 2. The van der Waals surface area contributed by atoms with Crippen LogP contribution in [0.25, 0.3) is 22.2 Å². The van der Waals surface area contributed by atoms with Gasteiger partial charge in [0.15, 0.2) is 0 Å². The first kappa shape index (κ1) is 34.9. The van der Waals surface area contributed by atoms with Crippen LogP contribution in [0, 0.1) is 3.57 Å². The summed E-state index contributed by atoms with van der Waals surface area (Å²) in [6.07, 6.45) is 4.78. The summed E-state index contributed by atoms with van der Waals surface area (Å²) < 4.78 is 19.7. The van der Waals surface area contributed by atoms with Crippen LogP contribution in [0.2, 0.25) is 0 Å². The molecule has 2 amide bonds. The Balaban J connectivity index is 1.39. The van der Waals surface area contributed by atoms with Gasteiger partial charge in [-0.15, -0.1) is 0 Å². The smallest absolute Gasteiger partial charge is 0.410 e. The van der Waals surface area contributed by atoms with E-state index in [4.69, 9.17) is 24.3 Å². The molecule has 12 nitrogen and oxygen atoms in total. The highest BCUT2D eigenvalue weighted by atomic mass is 127. The molecule has 5 aromatic rings. The van der Waals surface area contributed by atoms with E-state index in [-0.39, 0.29) is 18.0 Å². The zero-order chi connectivity index (χ0) is 35.4. The zero-order valence-corrected chi connectivity index (χ0v) is 30.9. The number of pyridine rings is 2. The summed E-state index contributed by atoms with van der Waals surface area (Å²) in [4.78, 5) is 36.9. The van der Waals surface area contributed by atoms with Gasteiger partial charge < -0.3 is 29.7 Å². The van der Waals surface area contributed by atoms with Crippen molar-refractivity contribution in [1.29, 1.82) is 0 Å². The number of anilines is 2. The van der Waals surface area contributed by atoms with Crippen molar-refractivity contribution < 1.29 is 23.8 Å². The van der Waals surface area contributed by atoms with E-state index in [1.165, 1.54) is 0 Å². The predicted molar refractivity (Wildman–Crippen MR) is 201 cm³/mol. The molecule has 6 rings (SSSR count). The van der Waals surface area contributed by atoms with Crippen LogP contribution >= 0.6 is 22.6 Å². The molecule has 1 aliphatic rings. The minimum absolute atomic E-state index is 0.0959. The Labute approximate surface area is 304 Å². The number of piperidine rings is 1. The highest BCUT2D eigenvalue weighted by Crippen LogP contribution is 2.39. The molecule has 1 aliphatic heterocycles. The van der Waals surface area contributed by atoms with E-state index in [1.54, 1.807) is 49.6 Å². The molecule has 2 N–H and O–H groups in total. The molecular weight excluding hydrogens is 749 g/mol. The van der Waals surface area contributed by atoms with E-state index in [1.807, 2.05) is 68.0 Å². The SMILES string of the molecule is COc1ccc(CNc2ncc(I)c3c2c(-c2ccc(C(=O)Nc4ccccn4)cc2)nn3[C@@H]2CCCN(C(=O)OC(C)(C)C)C2)c(OC)c1. The molecular formula is C37H40IN7O5. The summed E-state index contributed by atoms with van der Waals surface area (Å²) in [5, 5.41) is 12.4. The minimum atomic E-state index is -0.593. The van der Waals surface area contributed by atoms with E-state index in [0.29, 0.717) is 54.0 Å². The van der Waals surface area contributed by atoms with Gasteiger partial charge in [0.05, 0.1) is 34.7 Å². The first-order chi connectivity index (χ1) is 24.0. The van der Waals surface area contributed by atoms with Crippen molar-refractivity contribution in [3.8, 4) is 22.8 Å². The molecule has 3 aromatic heterocycles. The van der Waals surface area contributed by atoms with E-state index in [2.05, 4.69) is 38.2 Å². The Morgan fingerprint density at radius 1 is 1.02 bits per heavy atom. The topological polar surface area (TPSA) is 133 Å². The Morgan fingerprint density at radius 2 is 1.82 bits per heavy atom. The Bertz CT molecular complexity index is 1990. The number of nitrogens with one attached hydrogen (secondary N) is 2. The summed E-state index contributed by atoms with van der Waals surface area (Å²) in [5.74, 6) is 2.26. The molecule has 0 radical (unpaired) electrons. The average molecular weight is 790 g/mol. The van der Waals surface area contributed by atoms with Crippen LogP contribution in [-0.2, 0) is 11.3 Å². The van der Waals surface area contributed by atoms with Crippen molar-refractivity contribution in [2.45, 2.75) is 51.8 Å². The van der Waals surface area contributed by atoms with Crippen LogP contribution in [-0.4, -0.2) is 69.6 Å². The number of rotatable bonds is 9. The third-order valence-corrected chi connectivity index (χ3v) is 9.13. The molecule has 4 heterocycles. The number of benzene rings is 2. The number of likely N-dealkylation sites (tertiary alicyclic amines) is 1. The molecule has 1 atom stereocenters. The summed E-state index contributed by atoms with van der Waals surface area (Å²) in [6.45, 7) is 7.13. The second-order valence-electron chi connectivity index (χ2n) is 13.0. The number of halogens is 1. The second kappa shape index (κ2) is 14.9. The standard InChI is InChI=1S/C37H40IN7O5/c1-37(2,3)50-36(47)44-18-8-9-26(22-44)45-33-28(38)21-41-34(40-20-25-15-16-27(48-4)19-29(25)49-5)31(33)32(43-45)23-11-13-24(14-12-23)35(46)42-30-10-6-7-17-39-30/h6-7,10-17,19,21,26H,8-9,18,20,22H2,1-5H3,(H,40,41)(H,39,42,46)/t26-/m1/s1. The fourth-order valence-electron chi connectivity index (χ4n) is 5.96. The molecule has 2 aromatic carbocycles. The number of carbonyl (C=O) groups is 2. The van der Waals surface area contributed by atoms with Crippen LogP contribution < -0.4 is 20.1 Å². The molecule has 50 heavy (non-hydrogen) atoms. The van der Waals surface area contributed by atoms with Crippen molar-refractivity contribution in [1.82, 2.24) is 24.6 Å². The van der Waals surface area contributed by atoms with Gasteiger partial charge in [0.25, 0.3) is 5.91 Å². The maximum atomic E-state index is 13.1. The number of nitrogens with zero attached hydrogens (tertiary/aromatic N) is 5. The van der Waals surface area contributed by atoms with Crippen LogP contribution in [0.3, 0.4) is 0 Å². The number of amides is 2. The molecule has 0 bridgehead atoms. The molecule has 0 spiro atoms. The van der Waals surface area contributed by atoms with Gasteiger partial charge in [-0.25, -0.2) is 14.8 Å². The largest absolute Gasteiger partial charge is 0.497 e. The summed E-state index contributed by atoms with van der Waals surface area (Å²) in [7, 11) is 3.25. The second-order valence-corrected chi connectivity index (χ2v) is 14.1. The van der Waals surface area contributed by atoms with Crippen molar-refractivity contribution >= 4 is 57.1 Å². The lowest BCUT2D eigenvalue weighted by molar-refractivity contribution is 0.0169. The first-order valence-electron chi connectivity index (χ1n) is 16.4. The fraction of sp³-hybridized carbons (Fsp3) is 0.324. The van der Waals surface area contributed by atoms with Crippen LogP contribution in [0.15, 0.2) is 73.1 Å². The number of ether oxygens (including phenoxy) is 3. The highest BCUT2D eigenvalue weighted by molar-refractivity contribution is 14.1. The lowest BCUT2D eigenvalue weighted by atomic mass is 10.0. The average Bonchev–Trinajstić information content (AvgIpc) is 3.53. The maximum Gasteiger partial charge on any atom is 0.410 e. The predicted octanol–water partition coefficient (Wildman–Crippen LogP) is 7.55. The van der Waals surface area contributed by atoms with Crippen LogP contribution in [0.1, 0.15) is 55.6 Å². The molecule has 0 aliphatic carbocycles. The number of aromatic nitrogens is 4. The number of methoxy groups -OCH3 is 2. The highest BCUT2D eigenvalue weighted by Gasteiger charge is 2.31. The molecule has 1 saturated heterocycles. The summed E-state index contributed by atoms with van der Waals surface area (Å²) in [6, 6.07) is 18.3. The van der Waals surface area contributed by atoms with Gasteiger partial charge in [0, 0.05) is 54.8 Å². The number of carbonyl (C=O) groups excluding carboxylic acids is 2. The molecule has 0 saturated carbocycles. The molecule has 13 heteroatoms. The van der Waals surface area contributed by atoms with Crippen molar-refractivity contribution in [2.24, 2.45) is 0 Å². The van der Waals surface area contributed by atoms with Crippen LogP contribution in [0.4, 0.5) is 16.4 Å². The first-order valence-corrected chi connectivity index (χ1v) is 17.4. The van der Waals surface area contributed by atoms with Crippen LogP contribution in [0.5, 0.6) is 11.5 Å². The fourth-order valence-corrected chi connectivity index (χ4v) is 6.62. The van der Waals surface area contributed by atoms with Crippen molar-refractivity contribution in [3.63, 3.8) is 0 Å². The number of fused-ring (bicyclic) bond motifs is 1. The van der Waals surface area contributed by atoms with Crippen molar-refractivity contribution in [3.05, 3.63) is 87.8 Å². The summed E-state index contributed by atoms with van der Waals surface area (Å²) >= 11 is 2.30. The van der Waals surface area contributed by atoms with Gasteiger partial charge in [-0.2, -0.15) is 5.10 Å². The maximum absolute atomic E-state index is 13.1. The monoisotopic (exact) mass is 789 g/mol. The van der Waals surface area contributed by atoms with Gasteiger partial charge in [-0.3, -0.25) is 9.48 Å². The zero-order valence-electron chi connectivity index (χ0n) is 28.7. The van der Waals surface area contributed by atoms with Crippen molar-refractivity contribution in [2.75, 3.05) is 37.9 Å². The Morgan fingerprint density at radius 3 is 2.52 bits per heavy atom. The van der Waals surface area contributed by atoms with Gasteiger partial charge in [0.1, 0.15) is 34.4 Å². The van der Waals surface area contributed by atoms with Gasteiger partial charge >= 0.3 is 6.09 Å². The quantitative estimate of drug-likeness (QED) is 0.145. The Hall–Kier alpha value is -4.92. The molecule has 1 fully saturated rings. The molecule has 260 valence electrons. The lowest BCUT2D eigenvalue weighted by Crippen LogP contribution is -2.43. The summed E-state index contributed by atoms with van der Waals surface area (Å²) in [5.41, 5.74) is 3.26. The minimum Gasteiger partial charge on any atom is -0.497 e. The molecule has 0 unspecified atom stereocenters. The van der Waals surface area contributed by atoms with Gasteiger partial charge in [0.2, 0.25) is 0 Å². The number of hydrogen-bond acceptors (Lipinski definition) is 9.